The molecule has 4 aromatic rings. The third kappa shape index (κ3) is 3.97. The summed E-state index contributed by atoms with van der Waals surface area (Å²) in [6.07, 6.45) is 0.502. The third-order valence-electron chi connectivity index (χ3n) is 5.93. The second-order valence-electron chi connectivity index (χ2n) is 7.91. The maximum absolute atomic E-state index is 13.5. The number of methoxy groups -OCH3 is 2. The average molecular weight is 472 g/mol. The summed E-state index contributed by atoms with van der Waals surface area (Å²) < 4.78 is 10.7. The van der Waals surface area contributed by atoms with E-state index in [1.54, 1.807) is 26.4 Å². The number of rotatable bonds is 5. The number of pyridine rings is 1. The first-order valence-corrected chi connectivity index (χ1v) is 11.2. The molecule has 2 heterocycles. The van der Waals surface area contributed by atoms with Crippen molar-refractivity contribution in [2.45, 2.75) is 12.5 Å². The van der Waals surface area contributed by atoms with Gasteiger partial charge in [-0.3, -0.25) is 4.79 Å². The van der Waals surface area contributed by atoms with Gasteiger partial charge >= 0.3 is 0 Å². The van der Waals surface area contributed by atoms with Crippen molar-refractivity contribution < 1.29 is 14.3 Å². The van der Waals surface area contributed by atoms with Gasteiger partial charge in [-0.1, -0.05) is 41.9 Å². The van der Waals surface area contributed by atoms with E-state index in [2.05, 4.69) is 4.98 Å². The normalized spacial score (nSPS) is 15.3. The highest BCUT2D eigenvalue weighted by Crippen LogP contribution is 2.39. The lowest BCUT2D eigenvalue weighted by Crippen LogP contribution is -2.27. The van der Waals surface area contributed by atoms with Crippen LogP contribution in [0.25, 0.3) is 10.9 Å². The predicted molar refractivity (Wildman–Crippen MR) is 133 cm³/mol. The van der Waals surface area contributed by atoms with Crippen molar-refractivity contribution in [3.8, 4) is 11.5 Å². The van der Waals surface area contributed by atoms with Gasteiger partial charge in [-0.2, -0.15) is 5.10 Å². The summed E-state index contributed by atoms with van der Waals surface area (Å²) in [5, 5.41) is 7.47. The van der Waals surface area contributed by atoms with Gasteiger partial charge < -0.3 is 9.47 Å². The first-order chi connectivity index (χ1) is 16.6. The smallest absolute Gasteiger partial charge is 0.274 e. The van der Waals surface area contributed by atoms with Crippen LogP contribution in [0.15, 0.2) is 84.0 Å². The van der Waals surface area contributed by atoms with Crippen LogP contribution in [0.5, 0.6) is 11.5 Å². The first-order valence-electron chi connectivity index (χ1n) is 10.8. The van der Waals surface area contributed by atoms with E-state index in [4.69, 9.17) is 26.2 Å². The summed E-state index contributed by atoms with van der Waals surface area (Å²) in [5.41, 5.74) is 3.67. The monoisotopic (exact) mass is 471 g/mol. The molecule has 0 bridgehead atoms. The molecule has 0 fully saturated rings. The Morgan fingerprint density at radius 1 is 0.971 bits per heavy atom. The van der Waals surface area contributed by atoms with Gasteiger partial charge in [0.25, 0.3) is 5.91 Å². The fourth-order valence-corrected chi connectivity index (χ4v) is 4.44. The van der Waals surface area contributed by atoms with Gasteiger partial charge in [-0.25, -0.2) is 9.99 Å². The van der Waals surface area contributed by atoms with Gasteiger partial charge in [0.1, 0.15) is 22.2 Å². The topological polar surface area (TPSA) is 64.0 Å². The minimum atomic E-state index is -0.402. The second-order valence-corrected chi connectivity index (χ2v) is 8.27. The van der Waals surface area contributed by atoms with Crippen LogP contribution in [0.4, 0.5) is 0 Å². The zero-order valence-electron chi connectivity index (χ0n) is 18.7. The van der Waals surface area contributed by atoms with Gasteiger partial charge in [0.05, 0.1) is 26.0 Å². The van der Waals surface area contributed by atoms with E-state index in [-0.39, 0.29) is 5.91 Å². The van der Waals surface area contributed by atoms with E-state index in [0.29, 0.717) is 28.4 Å². The summed E-state index contributed by atoms with van der Waals surface area (Å²) in [7, 11) is 3.23. The number of carbonyl (C=O) groups excluding carboxylic acids is 1. The highest BCUT2D eigenvalue weighted by Gasteiger charge is 2.35. The van der Waals surface area contributed by atoms with Crippen molar-refractivity contribution in [1.82, 2.24) is 9.99 Å². The van der Waals surface area contributed by atoms with E-state index in [9.17, 15) is 4.79 Å². The van der Waals surface area contributed by atoms with Crippen LogP contribution in [0, 0.1) is 0 Å². The Kier molecular flexibility index (Phi) is 5.90. The Morgan fingerprint density at radius 3 is 2.44 bits per heavy atom. The highest BCUT2D eigenvalue weighted by molar-refractivity contribution is 6.30. The first kappa shape index (κ1) is 21.9. The number of hydrazone groups is 1. The van der Waals surface area contributed by atoms with Crippen molar-refractivity contribution >= 4 is 34.1 Å². The van der Waals surface area contributed by atoms with Gasteiger partial charge in [-0.15, -0.1) is 0 Å². The standard InChI is InChI=1S/C27H22ClN3O3/c1-33-20-13-11-17(12-14-20)22-16-23(31(30-22)27(32)18-7-4-3-5-8-18)21-15-19-9-6-10-24(34-2)25(19)29-26(21)28/h3-15,23H,16H2,1-2H3. The fourth-order valence-electron chi connectivity index (χ4n) is 4.17. The molecule has 1 aliphatic rings. The van der Waals surface area contributed by atoms with Crippen LogP contribution >= 0.6 is 11.6 Å². The molecule has 7 heteroatoms. The Balaban J connectivity index is 1.59. The molecule has 34 heavy (non-hydrogen) atoms. The zero-order chi connectivity index (χ0) is 23.7. The van der Waals surface area contributed by atoms with Crippen molar-refractivity contribution in [1.29, 1.82) is 0 Å². The van der Waals surface area contributed by atoms with E-state index in [1.807, 2.05) is 66.7 Å². The Labute approximate surface area is 202 Å². The predicted octanol–water partition coefficient (Wildman–Crippen LogP) is 5.90. The summed E-state index contributed by atoms with van der Waals surface area (Å²) in [4.78, 5) is 18.1. The number of aromatic nitrogens is 1. The number of benzene rings is 3. The molecule has 0 saturated heterocycles. The minimum Gasteiger partial charge on any atom is -0.497 e. The Bertz CT molecular complexity index is 1390. The zero-order valence-corrected chi connectivity index (χ0v) is 19.5. The molecule has 3 aromatic carbocycles. The maximum Gasteiger partial charge on any atom is 0.274 e. The number of amides is 1. The van der Waals surface area contributed by atoms with Gasteiger partial charge in [0.15, 0.2) is 0 Å². The molecule has 0 N–H and O–H groups in total. The Hall–Kier alpha value is -3.90. The van der Waals surface area contributed by atoms with Gasteiger partial charge in [0, 0.05) is 22.9 Å². The highest BCUT2D eigenvalue weighted by atomic mass is 35.5. The molecular formula is C27H22ClN3O3. The molecule has 0 radical (unpaired) electrons. The van der Waals surface area contributed by atoms with Crippen molar-refractivity contribution in [2.24, 2.45) is 5.10 Å². The lowest BCUT2D eigenvalue weighted by molar-refractivity contribution is 0.0711. The van der Waals surface area contributed by atoms with E-state index < -0.39 is 6.04 Å². The molecule has 0 saturated carbocycles. The average Bonchev–Trinajstić information content (AvgIpc) is 3.33. The van der Waals surface area contributed by atoms with Crippen LogP contribution in [-0.4, -0.2) is 35.8 Å². The molecular weight excluding hydrogens is 450 g/mol. The number of para-hydroxylation sites is 1. The van der Waals surface area contributed by atoms with Crippen LogP contribution in [-0.2, 0) is 0 Å². The molecule has 1 aliphatic heterocycles. The van der Waals surface area contributed by atoms with Gasteiger partial charge in [0.2, 0.25) is 0 Å². The number of ether oxygens (including phenoxy) is 2. The second kappa shape index (κ2) is 9.15. The molecule has 5 rings (SSSR count). The van der Waals surface area contributed by atoms with Crippen molar-refractivity contribution in [2.75, 3.05) is 14.2 Å². The minimum absolute atomic E-state index is 0.198. The summed E-state index contributed by atoms with van der Waals surface area (Å²) >= 11 is 6.69. The molecule has 1 unspecified atom stereocenters. The number of fused-ring (bicyclic) bond motifs is 1. The summed E-state index contributed by atoms with van der Waals surface area (Å²) in [5.74, 6) is 1.20. The molecule has 1 aromatic heterocycles. The molecule has 0 spiro atoms. The summed E-state index contributed by atoms with van der Waals surface area (Å²) in [6.45, 7) is 0. The molecule has 0 aliphatic carbocycles. The van der Waals surface area contributed by atoms with E-state index in [1.165, 1.54) is 5.01 Å². The third-order valence-corrected chi connectivity index (χ3v) is 6.23. The lowest BCUT2D eigenvalue weighted by atomic mass is 9.98. The van der Waals surface area contributed by atoms with Crippen LogP contribution in [0.2, 0.25) is 5.15 Å². The van der Waals surface area contributed by atoms with Crippen LogP contribution in [0.3, 0.4) is 0 Å². The number of hydrogen-bond donors (Lipinski definition) is 0. The number of hydrogen-bond acceptors (Lipinski definition) is 5. The van der Waals surface area contributed by atoms with Crippen LogP contribution in [0.1, 0.15) is 33.9 Å². The molecule has 1 amide bonds. The Morgan fingerprint density at radius 2 is 1.74 bits per heavy atom. The van der Waals surface area contributed by atoms with E-state index >= 15 is 0 Å². The summed E-state index contributed by atoms with van der Waals surface area (Å²) in [6, 6.07) is 24.0. The van der Waals surface area contributed by atoms with Gasteiger partial charge in [-0.05, 0) is 54.1 Å². The molecule has 6 nitrogen and oxygen atoms in total. The lowest BCUT2D eigenvalue weighted by Gasteiger charge is -2.23. The fraction of sp³-hybridized carbons (Fsp3) is 0.148. The van der Waals surface area contributed by atoms with E-state index in [0.717, 1.165) is 28.0 Å². The molecule has 1 atom stereocenters. The van der Waals surface area contributed by atoms with Crippen molar-refractivity contribution in [3.63, 3.8) is 0 Å². The van der Waals surface area contributed by atoms with Crippen LogP contribution < -0.4 is 9.47 Å². The SMILES string of the molecule is COc1ccc(C2=NN(C(=O)c3ccccc3)C(c3cc4cccc(OC)c4nc3Cl)C2)cc1. The molecule has 170 valence electrons. The quantitative estimate of drug-likeness (QED) is 0.340. The van der Waals surface area contributed by atoms with Crippen molar-refractivity contribution in [3.05, 3.63) is 101 Å². The number of halogens is 1. The number of nitrogens with zero attached hydrogens (tertiary/aromatic N) is 3. The number of carbonyl (C=O) groups is 1. The largest absolute Gasteiger partial charge is 0.497 e. The maximum atomic E-state index is 13.5.